The van der Waals surface area contributed by atoms with Gasteiger partial charge in [-0.25, -0.2) is 4.98 Å². The van der Waals surface area contributed by atoms with Crippen LogP contribution >= 0.6 is 15.9 Å². The van der Waals surface area contributed by atoms with Crippen LogP contribution < -0.4 is 5.32 Å². The molecule has 162 valence electrons. The molecule has 3 aromatic heterocycles. The first-order valence-electron chi connectivity index (χ1n) is 11.7. The Hall–Kier alpha value is -1.99. The molecule has 4 heterocycles. The molecule has 2 saturated carbocycles. The highest BCUT2D eigenvalue weighted by atomic mass is 79.9. The number of anilines is 1. The van der Waals surface area contributed by atoms with E-state index in [1.807, 2.05) is 29.2 Å². The second-order valence-electron chi connectivity index (χ2n) is 9.59. The summed E-state index contributed by atoms with van der Waals surface area (Å²) < 4.78 is 2.85. The third-order valence-electron chi connectivity index (χ3n) is 7.69. The van der Waals surface area contributed by atoms with E-state index in [1.54, 1.807) is 0 Å². The third-order valence-corrected chi connectivity index (χ3v) is 8.25. The Morgan fingerprint density at radius 1 is 1.16 bits per heavy atom. The molecule has 1 N–H and O–H groups in total. The van der Waals surface area contributed by atoms with Crippen LogP contribution in [0.1, 0.15) is 55.7 Å². The molecule has 6 rings (SSSR count). The second-order valence-corrected chi connectivity index (χ2v) is 10.4. The van der Waals surface area contributed by atoms with Crippen LogP contribution in [0, 0.1) is 11.8 Å². The summed E-state index contributed by atoms with van der Waals surface area (Å²) in [4.78, 5) is 12.1. The van der Waals surface area contributed by atoms with Gasteiger partial charge in [0.2, 0.25) is 0 Å². The molecule has 7 heteroatoms. The molecule has 3 aromatic rings. The zero-order valence-corrected chi connectivity index (χ0v) is 19.3. The summed E-state index contributed by atoms with van der Waals surface area (Å²) in [7, 11) is 0. The number of piperidine rings is 1. The van der Waals surface area contributed by atoms with Gasteiger partial charge >= 0.3 is 0 Å². The number of pyridine rings is 1. The van der Waals surface area contributed by atoms with Gasteiger partial charge in [0, 0.05) is 43.5 Å². The fourth-order valence-electron chi connectivity index (χ4n) is 6.19. The maximum Gasteiger partial charge on any atom is 0.171 e. The van der Waals surface area contributed by atoms with E-state index in [0.29, 0.717) is 12.5 Å². The van der Waals surface area contributed by atoms with E-state index in [1.165, 1.54) is 50.8 Å². The van der Waals surface area contributed by atoms with Crippen molar-refractivity contribution >= 4 is 27.4 Å². The summed E-state index contributed by atoms with van der Waals surface area (Å²) in [6.07, 6.45) is 13.9. The molecule has 31 heavy (non-hydrogen) atoms. The number of nitrogens with zero attached hydrogens (tertiary/aromatic N) is 5. The molecule has 6 nitrogen and oxygen atoms in total. The number of nitrogens with one attached hydrogen (secondary N) is 1. The normalized spacial score (nSPS) is 28.4. The van der Waals surface area contributed by atoms with Gasteiger partial charge in [-0.05, 0) is 78.0 Å². The molecule has 1 saturated heterocycles. The van der Waals surface area contributed by atoms with Gasteiger partial charge in [-0.3, -0.25) is 9.88 Å². The Bertz CT molecular complexity index is 1070. The van der Waals surface area contributed by atoms with Crippen molar-refractivity contribution in [2.24, 2.45) is 11.8 Å². The molecule has 3 aliphatic rings. The van der Waals surface area contributed by atoms with Crippen molar-refractivity contribution in [1.29, 1.82) is 0 Å². The Balaban J connectivity index is 1.26. The van der Waals surface area contributed by atoms with Crippen LogP contribution in [0.25, 0.3) is 5.65 Å². The van der Waals surface area contributed by atoms with Crippen molar-refractivity contribution in [3.05, 3.63) is 52.5 Å². The lowest BCUT2D eigenvalue weighted by atomic mass is 9.88. The predicted octanol–water partition coefficient (Wildman–Crippen LogP) is 4.87. The van der Waals surface area contributed by atoms with Gasteiger partial charge in [0.05, 0.1) is 16.4 Å². The van der Waals surface area contributed by atoms with Crippen LogP contribution in [0.2, 0.25) is 0 Å². The zero-order valence-electron chi connectivity index (χ0n) is 17.8. The quantitative estimate of drug-likeness (QED) is 0.564. The van der Waals surface area contributed by atoms with Crippen molar-refractivity contribution < 1.29 is 0 Å². The maximum atomic E-state index is 5.06. The maximum absolute atomic E-state index is 5.06. The lowest BCUT2D eigenvalue weighted by molar-refractivity contribution is 0.107. The van der Waals surface area contributed by atoms with Crippen LogP contribution in [0.5, 0.6) is 0 Å². The van der Waals surface area contributed by atoms with Crippen molar-refractivity contribution in [2.75, 3.05) is 18.4 Å². The molecule has 2 aliphatic carbocycles. The Labute approximate surface area is 191 Å². The molecule has 0 spiro atoms. The van der Waals surface area contributed by atoms with Crippen LogP contribution in [-0.4, -0.2) is 43.6 Å². The first-order valence-corrected chi connectivity index (χ1v) is 12.4. The number of halogens is 1. The molecule has 1 aliphatic heterocycles. The summed E-state index contributed by atoms with van der Waals surface area (Å²) in [5.74, 6) is 3.42. The number of hydrogen-bond acceptors (Lipinski definition) is 5. The molecule has 0 aromatic carbocycles. The molecule has 2 bridgehead atoms. The van der Waals surface area contributed by atoms with E-state index in [4.69, 9.17) is 4.98 Å². The van der Waals surface area contributed by atoms with Crippen molar-refractivity contribution in [3.63, 3.8) is 0 Å². The van der Waals surface area contributed by atoms with E-state index in [0.717, 1.165) is 45.9 Å². The van der Waals surface area contributed by atoms with E-state index in [2.05, 4.69) is 48.4 Å². The molecule has 3 fully saturated rings. The molecule has 4 atom stereocenters. The average Bonchev–Trinajstić information content (AvgIpc) is 3.55. The average molecular weight is 481 g/mol. The summed E-state index contributed by atoms with van der Waals surface area (Å²) >= 11 is 3.65. The number of fused-ring (bicyclic) bond motifs is 3. The van der Waals surface area contributed by atoms with Gasteiger partial charge in [-0.15, -0.1) is 0 Å². The Morgan fingerprint density at radius 2 is 2.13 bits per heavy atom. The van der Waals surface area contributed by atoms with Crippen molar-refractivity contribution in [3.8, 4) is 0 Å². The first kappa shape index (κ1) is 19.7. The van der Waals surface area contributed by atoms with Crippen molar-refractivity contribution in [1.82, 2.24) is 24.5 Å². The molecule has 2 unspecified atom stereocenters. The minimum atomic E-state index is 0.485. The second kappa shape index (κ2) is 8.17. The summed E-state index contributed by atoms with van der Waals surface area (Å²) in [5.41, 5.74) is 3.24. The third kappa shape index (κ3) is 3.76. The van der Waals surface area contributed by atoms with Gasteiger partial charge in [0.15, 0.2) is 5.65 Å². The highest BCUT2D eigenvalue weighted by Crippen LogP contribution is 2.47. The summed E-state index contributed by atoms with van der Waals surface area (Å²) in [5, 5.41) is 8.11. The van der Waals surface area contributed by atoms with E-state index < -0.39 is 0 Å². The van der Waals surface area contributed by atoms with E-state index >= 15 is 0 Å². The topological polar surface area (TPSA) is 58.4 Å². The largest absolute Gasteiger partial charge is 0.366 e. The zero-order chi connectivity index (χ0) is 20.8. The van der Waals surface area contributed by atoms with Crippen LogP contribution in [0.15, 0.2) is 41.3 Å². The van der Waals surface area contributed by atoms with Gasteiger partial charge in [0.1, 0.15) is 5.82 Å². The number of hydrogen-bond donors (Lipinski definition) is 1. The van der Waals surface area contributed by atoms with Gasteiger partial charge in [-0.1, -0.05) is 12.5 Å². The lowest BCUT2D eigenvalue weighted by Crippen LogP contribution is -2.44. The van der Waals surface area contributed by atoms with Crippen LogP contribution in [-0.2, 0) is 6.54 Å². The minimum absolute atomic E-state index is 0.485. The van der Waals surface area contributed by atoms with Gasteiger partial charge in [-0.2, -0.15) is 9.61 Å². The van der Waals surface area contributed by atoms with Crippen molar-refractivity contribution in [2.45, 2.75) is 57.0 Å². The predicted molar refractivity (Wildman–Crippen MR) is 125 cm³/mol. The van der Waals surface area contributed by atoms with Gasteiger partial charge < -0.3 is 5.32 Å². The summed E-state index contributed by atoms with van der Waals surface area (Å²) in [6.45, 7) is 3.12. The number of likely N-dealkylation sites (tertiary alicyclic amines) is 1. The fourth-order valence-corrected chi connectivity index (χ4v) is 6.54. The Kier molecular flexibility index (Phi) is 5.19. The highest BCUT2D eigenvalue weighted by molar-refractivity contribution is 9.10. The number of rotatable bonds is 5. The van der Waals surface area contributed by atoms with Crippen LogP contribution in [0.4, 0.5) is 5.82 Å². The minimum Gasteiger partial charge on any atom is -0.366 e. The van der Waals surface area contributed by atoms with E-state index in [-0.39, 0.29) is 0 Å². The smallest absolute Gasteiger partial charge is 0.171 e. The molecule has 0 amide bonds. The summed E-state index contributed by atoms with van der Waals surface area (Å²) in [6, 6.07) is 7.10. The Morgan fingerprint density at radius 3 is 2.94 bits per heavy atom. The van der Waals surface area contributed by atoms with Crippen LogP contribution in [0.3, 0.4) is 0 Å². The van der Waals surface area contributed by atoms with E-state index in [9.17, 15) is 0 Å². The monoisotopic (exact) mass is 480 g/mol. The SMILES string of the molecule is Brc1cnn2c(NCc3cccnc3)cc(C3CCCN(C4C[C@@H]5CC[C@H]4C5)C3)nc12. The standard InChI is InChI=1S/C24H29BrN6/c25-20-14-28-31-23(27-13-17-3-1-7-26-12-17)11-21(29-24(20)31)19-4-2-8-30(15-19)22-10-16-5-6-18(22)9-16/h1,3,7,11-12,14,16,18-19,22,27H,2,4-6,8-10,13,15H2/t16-,18+,19?,22?/m1/s1. The molecule has 0 radical (unpaired) electrons. The highest BCUT2D eigenvalue weighted by Gasteiger charge is 2.43. The van der Waals surface area contributed by atoms with Gasteiger partial charge in [0.25, 0.3) is 0 Å². The fraction of sp³-hybridized carbons (Fsp3) is 0.542. The molecular weight excluding hydrogens is 452 g/mol. The lowest BCUT2D eigenvalue weighted by Gasteiger charge is -2.40. The first-order chi connectivity index (χ1) is 15.2. The number of aromatic nitrogens is 4. The molecular formula is C24H29BrN6.